The Morgan fingerprint density at radius 1 is 1.75 bits per heavy atom. The van der Waals surface area contributed by atoms with Gasteiger partial charge in [-0.1, -0.05) is 10.4 Å². The van der Waals surface area contributed by atoms with Crippen LogP contribution in [0.4, 0.5) is 4.48 Å². The third kappa shape index (κ3) is 2.19. The van der Waals surface area contributed by atoms with Gasteiger partial charge in [0.2, 0.25) is 0 Å². The molecule has 2 nitrogen and oxygen atoms in total. The van der Waals surface area contributed by atoms with Crippen molar-refractivity contribution in [3.8, 4) is 11.8 Å². The molecule has 0 atom stereocenters. The standard InChI is InChI=1S/C5H6FNO/c1-3-4-5(8)7(2)6/h1-2H3. The van der Waals surface area contributed by atoms with E-state index in [0.29, 0.717) is 0 Å². The summed E-state index contributed by atoms with van der Waals surface area (Å²) in [4.78, 5) is 10.1. The smallest absolute Gasteiger partial charge is 0.257 e. The number of hydrogen-bond acceptors (Lipinski definition) is 1. The molecular formula is C5H6FNO. The van der Waals surface area contributed by atoms with Crippen LogP contribution < -0.4 is 0 Å². The molecule has 44 valence electrons. The average Bonchev–Trinajstić information content (AvgIpc) is 1.67. The van der Waals surface area contributed by atoms with Crippen LogP contribution in [0, 0.1) is 11.8 Å². The van der Waals surface area contributed by atoms with Gasteiger partial charge in [-0.2, -0.15) is 5.12 Å². The molecule has 0 aliphatic heterocycles. The van der Waals surface area contributed by atoms with Gasteiger partial charge in [-0.25, -0.2) is 0 Å². The second-order valence-corrected chi connectivity index (χ2v) is 1.16. The maximum Gasteiger partial charge on any atom is 0.325 e. The van der Waals surface area contributed by atoms with E-state index in [4.69, 9.17) is 0 Å². The zero-order valence-electron chi connectivity index (χ0n) is 4.73. The lowest BCUT2D eigenvalue weighted by atomic mass is 10.6. The Bertz CT molecular complexity index is 142. The van der Waals surface area contributed by atoms with Gasteiger partial charge in [0.15, 0.2) is 0 Å². The zero-order valence-corrected chi connectivity index (χ0v) is 4.73. The highest BCUT2D eigenvalue weighted by Crippen LogP contribution is 1.79. The first-order valence-electron chi connectivity index (χ1n) is 2.04. The van der Waals surface area contributed by atoms with E-state index in [1.165, 1.54) is 6.92 Å². The summed E-state index contributed by atoms with van der Waals surface area (Å²) in [5, 5.41) is -0.0590. The van der Waals surface area contributed by atoms with Crippen LogP contribution in [0.1, 0.15) is 6.92 Å². The quantitative estimate of drug-likeness (QED) is 0.329. The van der Waals surface area contributed by atoms with Crippen LogP contribution in [-0.4, -0.2) is 18.1 Å². The molecule has 0 N–H and O–H groups in total. The first-order chi connectivity index (χ1) is 3.68. The largest absolute Gasteiger partial charge is 0.325 e. The second kappa shape index (κ2) is 3.03. The molecule has 8 heavy (non-hydrogen) atoms. The van der Waals surface area contributed by atoms with E-state index in [1.807, 2.05) is 5.92 Å². The minimum absolute atomic E-state index is 0.0590. The Labute approximate surface area is 47.2 Å². The predicted molar refractivity (Wildman–Crippen MR) is 27.3 cm³/mol. The fraction of sp³-hybridized carbons (Fsp3) is 0.400. The lowest BCUT2D eigenvalue weighted by Crippen LogP contribution is -2.14. The molecule has 0 saturated carbocycles. The normalized spacial score (nSPS) is 6.88. The van der Waals surface area contributed by atoms with Crippen molar-refractivity contribution in [2.45, 2.75) is 6.92 Å². The average molecular weight is 115 g/mol. The Morgan fingerprint density at radius 2 is 2.25 bits per heavy atom. The first-order valence-corrected chi connectivity index (χ1v) is 2.04. The van der Waals surface area contributed by atoms with Crippen molar-refractivity contribution < 1.29 is 9.28 Å². The first kappa shape index (κ1) is 6.96. The Kier molecular flexibility index (Phi) is 2.63. The Morgan fingerprint density at radius 3 is 2.38 bits per heavy atom. The minimum Gasteiger partial charge on any atom is -0.257 e. The van der Waals surface area contributed by atoms with Gasteiger partial charge >= 0.3 is 5.91 Å². The fourth-order valence-electron chi connectivity index (χ4n) is 0.184. The van der Waals surface area contributed by atoms with Crippen molar-refractivity contribution in [3.05, 3.63) is 0 Å². The number of carbonyl (C=O) groups is 1. The second-order valence-electron chi connectivity index (χ2n) is 1.16. The van der Waals surface area contributed by atoms with E-state index in [-0.39, 0.29) is 5.12 Å². The van der Waals surface area contributed by atoms with Crippen molar-refractivity contribution in [1.82, 2.24) is 5.12 Å². The minimum atomic E-state index is -0.812. The molecule has 0 bridgehead atoms. The van der Waals surface area contributed by atoms with Gasteiger partial charge in [0.25, 0.3) is 0 Å². The van der Waals surface area contributed by atoms with Crippen molar-refractivity contribution in [2.75, 3.05) is 7.05 Å². The van der Waals surface area contributed by atoms with Crippen LogP contribution in [0.15, 0.2) is 0 Å². The lowest BCUT2D eigenvalue weighted by Gasteiger charge is -1.94. The highest BCUT2D eigenvalue weighted by molar-refractivity contribution is 5.92. The van der Waals surface area contributed by atoms with Gasteiger partial charge in [-0.05, 0) is 12.8 Å². The van der Waals surface area contributed by atoms with Gasteiger partial charge < -0.3 is 0 Å². The maximum absolute atomic E-state index is 11.7. The Balaban J connectivity index is 3.78. The molecule has 0 saturated heterocycles. The molecule has 0 aliphatic rings. The number of rotatable bonds is 0. The van der Waals surface area contributed by atoms with Crippen molar-refractivity contribution >= 4 is 5.91 Å². The highest BCUT2D eigenvalue weighted by atomic mass is 19.2. The van der Waals surface area contributed by atoms with Crippen LogP contribution in [0.25, 0.3) is 0 Å². The summed E-state index contributed by atoms with van der Waals surface area (Å²) in [6, 6.07) is 0. The third-order valence-electron chi connectivity index (χ3n) is 0.512. The van der Waals surface area contributed by atoms with Crippen LogP contribution >= 0.6 is 0 Å². The number of halogens is 1. The maximum atomic E-state index is 11.7. The van der Waals surface area contributed by atoms with Crippen LogP contribution in [0.3, 0.4) is 0 Å². The molecule has 0 heterocycles. The van der Waals surface area contributed by atoms with Crippen molar-refractivity contribution in [3.63, 3.8) is 0 Å². The van der Waals surface area contributed by atoms with E-state index in [1.54, 1.807) is 0 Å². The molecule has 0 fully saturated rings. The number of hydrogen-bond donors (Lipinski definition) is 0. The van der Waals surface area contributed by atoms with Crippen LogP contribution in [0.5, 0.6) is 0 Å². The summed E-state index contributed by atoms with van der Waals surface area (Å²) in [6.07, 6.45) is 0. The van der Waals surface area contributed by atoms with Gasteiger partial charge in [-0.15, -0.1) is 0 Å². The molecule has 3 heteroatoms. The molecule has 0 rings (SSSR count). The predicted octanol–water partition coefficient (Wildman–Crippen LogP) is 0.353. The summed E-state index contributed by atoms with van der Waals surface area (Å²) < 4.78 is 11.7. The molecule has 0 aromatic heterocycles. The fourth-order valence-corrected chi connectivity index (χ4v) is 0.184. The summed E-state index contributed by atoms with van der Waals surface area (Å²) in [7, 11) is 1.01. The summed E-state index contributed by atoms with van der Waals surface area (Å²) >= 11 is 0. The van der Waals surface area contributed by atoms with E-state index >= 15 is 0 Å². The molecule has 0 aromatic rings. The zero-order chi connectivity index (χ0) is 6.57. The third-order valence-corrected chi connectivity index (χ3v) is 0.512. The van der Waals surface area contributed by atoms with Gasteiger partial charge in [-0.3, -0.25) is 4.79 Å². The SMILES string of the molecule is CC#CC(=O)N(C)F. The molecule has 0 radical (unpaired) electrons. The molecular weight excluding hydrogens is 109 g/mol. The lowest BCUT2D eigenvalue weighted by molar-refractivity contribution is -0.136. The van der Waals surface area contributed by atoms with Crippen molar-refractivity contribution in [1.29, 1.82) is 0 Å². The van der Waals surface area contributed by atoms with Crippen LogP contribution in [-0.2, 0) is 4.79 Å². The topological polar surface area (TPSA) is 20.3 Å². The van der Waals surface area contributed by atoms with E-state index in [2.05, 4.69) is 5.92 Å². The monoisotopic (exact) mass is 115 g/mol. The van der Waals surface area contributed by atoms with Gasteiger partial charge in [0, 0.05) is 7.05 Å². The number of carbonyl (C=O) groups excluding carboxylic acids is 1. The molecule has 0 unspecified atom stereocenters. The summed E-state index contributed by atoms with van der Waals surface area (Å²) in [6.45, 7) is 1.47. The number of nitrogens with zero attached hydrogens (tertiary/aromatic N) is 1. The Hall–Kier alpha value is -1.04. The van der Waals surface area contributed by atoms with E-state index < -0.39 is 5.91 Å². The van der Waals surface area contributed by atoms with Crippen LogP contribution in [0.2, 0.25) is 0 Å². The van der Waals surface area contributed by atoms with Crippen molar-refractivity contribution in [2.24, 2.45) is 0 Å². The van der Waals surface area contributed by atoms with E-state index in [0.717, 1.165) is 7.05 Å². The summed E-state index contributed by atoms with van der Waals surface area (Å²) in [5.74, 6) is 3.46. The molecule has 1 amide bonds. The molecule has 0 spiro atoms. The van der Waals surface area contributed by atoms with Gasteiger partial charge in [0.1, 0.15) is 0 Å². The molecule has 0 aliphatic carbocycles. The van der Waals surface area contributed by atoms with E-state index in [9.17, 15) is 9.28 Å². The van der Waals surface area contributed by atoms with Gasteiger partial charge in [0.05, 0.1) is 0 Å². The number of amides is 1. The summed E-state index contributed by atoms with van der Waals surface area (Å²) in [5.41, 5.74) is 0. The highest BCUT2D eigenvalue weighted by Gasteiger charge is 1.98. The molecule has 0 aromatic carbocycles.